The molecule has 1 aliphatic heterocycles. The van der Waals surface area contributed by atoms with Crippen LogP contribution in [-0.4, -0.2) is 62.9 Å². The van der Waals surface area contributed by atoms with Gasteiger partial charge in [0, 0.05) is 30.3 Å². The molecule has 8 nitrogen and oxygen atoms in total. The summed E-state index contributed by atoms with van der Waals surface area (Å²) in [6, 6.07) is 11.9. The minimum atomic E-state index is -3.86. The van der Waals surface area contributed by atoms with E-state index in [1.54, 1.807) is 24.3 Å². The fraction of sp³-hybridized carbons (Fsp3) is 0.364. The maximum atomic E-state index is 12.5. The SMILES string of the molecule is COc1ccc(S(=O)(=O)N[C@@H](C)C(=O)Nc2ccc(CC(=O)N3CCSCC3)cc2)cc1. The number of amides is 2. The van der Waals surface area contributed by atoms with Gasteiger partial charge in [0.15, 0.2) is 0 Å². The molecule has 1 fully saturated rings. The van der Waals surface area contributed by atoms with Gasteiger partial charge in [-0.25, -0.2) is 8.42 Å². The zero-order valence-electron chi connectivity index (χ0n) is 18.0. The van der Waals surface area contributed by atoms with Crippen molar-refractivity contribution in [1.82, 2.24) is 9.62 Å². The summed E-state index contributed by atoms with van der Waals surface area (Å²) in [6.07, 6.45) is 0.316. The van der Waals surface area contributed by atoms with E-state index in [0.717, 1.165) is 30.2 Å². The van der Waals surface area contributed by atoms with Crippen LogP contribution in [0.15, 0.2) is 53.4 Å². The molecule has 1 saturated heterocycles. The summed E-state index contributed by atoms with van der Waals surface area (Å²) in [5.41, 5.74) is 1.38. The summed E-state index contributed by atoms with van der Waals surface area (Å²) in [5, 5.41) is 2.69. The van der Waals surface area contributed by atoms with Gasteiger partial charge < -0.3 is 15.0 Å². The van der Waals surface area contributed by atoms with Gasteiger partial charge in [0.1, 0.15) is 5.75 Å². The zero-order valence-corrected chi connectivity index (χ0v) is 19.7. The van der Waals surface area contributed by atoms with Crippen molar-refractivity contribution in [3.63, 3.8) is 0 Å². The second-order valence-corrected chi connectivity index (χ2v) is 10.3. The highest BCUT2D eigenvalue weighted by atomic mass is 32.2. The third-order valence-electron chi connectivity index (χ3n) is 5.04. The summed E-state index contributed by atoms with van der Waals surface area (Å²) in [5.74, 6) is 2.09. The minimum Gasteiger partial charge on any atom is -0.497 e. The smallest absolute Gasteiger partial charge is 0.242 e. The van der Waals surface area contributed by atoms with Crippen LogP contribution in [0.2, 0.25) is 0 Å². The third-order valence-corrected chi connectivity index (χ3v) is 7.53. The first kappa shape index (κ1) is 24.1. The van der Waals surface area contributed by atoms with Crippen molar-refractivity contribution in [3.8, 4) is 5.75 Å². The lowest BCUT2D eigenvalue weighted by molar-refractivity contribution is -0.130. The molecule has 2 aromatic carbocycles. The first-order valence-electron chi connectivity index (χ1n) is 10.2. The molecule has 0 spiro atoms. The number of sulfonamides is 1. The molecule has 172 valence electrons. The number of carbonyl (C=O) groups is 2. The van der Waals surface area contributed by atoms with Crippen LogP contribution in [-0.2, 0) is 26.0 Å². The largest absolute Gasteiger partial charge is 0.497 e. The Kier molecular flexibility index (Phi) is 8.16. The molecule has 0 saturated carbocycles. The number of anilines is 1. The first-order valence-corrected chi connectivity index (χ1v) is 12.8. The number of ether oxygens (including phenoxy) is 1. The molecule has 0 radical (unpaired) electrons. The number of benzene rings is 2. The lowest BCUT2D eigenvalue weighted by Gasteiger charge is -2.26. The highest BCUT2D eigenvalue weighted by Gasteiger charge is 2.22. The van der Waals surface area contributed by atoms with Crippen LogP contribution in [0, 0.1) is 0 Å². The standard InChI is InChI=1S/C22H27N3O5S2/c1-16(24-32(28,29)20-9-7-19(30-2)8-10-20)22(27)23-18-5-3-17(4-6-18)15-21(26)25-11-13-31-14-12-25/h3-10,16,24H,11-15H2,1-2H3,(H,23,27)/t16-/m0/s1. The number of hydrogen-bond acceptors (Lipinski definition) is 6. The van der Waals surface area contributed by atoms with Crippen LogP contribution < -0.4 is 14.8 Å². The van der Waals surface area contributed by atoms with Gasteiger partial charge in [-0.2, -0.15) is 16.5 Å². The number of hydrogen-bond donors (Lipinski definition) is 2. The van der Waals surface area contributed by atoms with E-state index in [2.05, 4.69) is 10.0 Å². The van der Waals surface area contributed by atoms with Gasteiger partial charge in [-0.3, -0.25) is 9.59 Å². The van der Waals surface area contributed by atoms with Crippen molar-refractivity contribution in [3.05, 3.63) is 54.1 Å². The van der Waals surface area contributed by atoms with Gasteiger partial charge in [0.05, 0.1) is 24.5 Å². The molecule has 0 bridgehead atoms. The van der Waals surface area contributed by atoms with Crippen molar-refractivity contribution in [1.29, 1.82) is 0 Å². The van der Waals surface area contributed by atoms with E-state index < -0.39 is 22.0 Å². The van der Waals surface area contributed by atoms with Crippen LogP contribution in [0.5, 0.6) is 5.75 Å². The Hall–Kier alpha value is -2.56. The minimum absolute atomic E-state index is 0.0410. The molecule has 1 heterocycles. The second kappa shape index (κ2) is 10.8. The van der Waals surface area contributed by atoms with Crippen LogP contribution in [0.1, 0.15) is 12.5 Å². The number of rotatable bonds is 8. The maximum absolute atomic E-state index is 12.5. The zero-order chi connectivity index (χ0) is 23.1. The monoisotopic (exact) mass is 477 g/mol. The van der Waals surface area contributed by atoms with Crippen molar-refractivity contribution in [2.45, 2.75) is 24.3 Å². The molecule has 32 heavy (non-hydrogen) atoms. The summed E-state index contributed by atoms with van der Waals surface area (Å²) in [6.45, 7) is 3.03. The van der Waals surface area contributed by atoms with Crippen molar-refractivity contribution < 1.29 is 22.7 Å². The molecule has 2 N–H and O–H groups in total. The molecule has 0 aliphatic carbocycles. The Bertz CT molecular complexity index is 1030. The predicted molar refractivity (Wildman–Crippen MR) is 125 cm³/mol. The Morgan fingerprint density at radius 1 is 1.06 bits per heavy atom. The van der Waals surface area contributed by atoms with E-state index >= 15 is 0 Å². The number of thioether (sulfide) groups is 1. The summed E-state index contributed by atoms with van der Waals surface area (Å²) < 4.78 is 32.4. The number of nitrogens with zero attached hydrogens (tertiary/aromatic N) is 1. The molecule has 10 heteroatoms. The Morgan fingerprint density at radius 2 is 1.69 bits per heavy atom. The summed E-state index contributed by atoms with van der Waals surface area (Å²) in [4.78, 5) is 26.8. The first-order chi connectivity index (χ1) is 15.3. The van der Waals surface area contributed by atoms with Gasteiger partial charge in [-0.15, -0.1) is 0 Å². The van der Waals surface area contributed by atoms with E-state index in [9.17, 15) is 18.0 Å². The molecule has 2 aromatic rings. The van der Waals surface area contributed by atoms with Crippen LogP contribution >= 0.6 is 11.8 Å². The summed E-state index contributed by atoms with van der Waals surface area (Å²) in [7, 11) is -2.37. The lowest BCUT2D eigenvalue weighted by Crippen LogP contribution is -2.41. The normalized spacial score (nSPS) is 15.1. The van der Waals surface area contributed by atoms with Crippen molar-refractivity contribution in [2.75, 3.05) is 37.0 Å². The highest BCUT2D eigenvalue weighted by Crippen LogP contribution is 2.17. The van der Waals surface area contributed by atoms with Gasteiger partial charge in [0.2, 0.25) is 21.8 Å². The molecular weight excluding hydrogens is 450 g/mol. The summed E-state index contributed by atoms with van der Waals surface area (Å²) >= 11 is 1.85. The van der Waals surface area contributed by atoms with E-state index in [-0.39, 0.29) is 10.8 Å². The van der Waals surface area contributed by atoms with E-state index in [1.165, 1.54) is 38.3 Å². The molecule has 1 aliphatic rings. The average Bonchev–Trinajstić information content (AvgIpc) is 2.80. The van der Waals surface area contributed by atoms with E-state index in [0.29, 0.717) is 17.9 Å². The molecule has 0 unspecified atom stereocenters. The van der Waals surface area contributed by atoms with Gasteiger partial charge >= 0.3 is 0 Å². The second-order valence-electron chi connectivity index (χ2n) is 7.37. The topological polar surface area (TPSA) is 105 Å². The van der Waals surface area contributed by atoms with Crippen molar-refractivity contribution >= 4 is 39.3 Å². The predicted octanol–water partition coefficient (Wildman–Crippen LogP) is 2.12. The van der Waals surface area contributed by atoms with Gasteiger partial charge in [0.25, 0.3) is 0 Å². The van der Waals surface area contributed by atoms with Crippen LogP contribution in [0.3, 0.4) is 0 Å². The third kappa shape index (κ3) is 6.47. The molecule has 0 aromatic heterocycles. The van der Waals surface area contributed by atoms with Crippen molar-refractivity contribution in [2.24, 2.45) is 0 Å². The molecular formula is C22H27N3O5S2. The van der Waals surface area contributed by atoms with E-state index in [1.807, 2.05) is 16.7 Å². The number of nitrogens with one attached hydrogen (secondary N) is 2. The number of methoxy groups -OCH3 is 1. The molecule has 3 rings (SSSR count). The molecule has 2 amide bonds. The van der Waals surface area contributed by atoms with Crippen LogP contribution in [0.4, 0.5) is 5.69 Å². The average molecular weight is 478 g/mol. The highest BCUT2D eigenvalue weighted by molar-refractivity contribution is 7.99. The molecule has 1 atom stereocenters. The number of carbonyl (C=O) groups excluding carboxylic acids is 2. The van der Waals surface area contributed by atoms with Gasteiger partial charge in [-0.05, 0) is 48.9 Å². The fourth-order valence-electron chi connectivity index (χ4n) is 3.16. The van der Waals surface area contributed by atoms with E-state index in [4.69, 9.17) is 4.74 Å². The Morgan fingerprint density at radius 3 is 2.28 bits per heavy atom. The van der Waals surface area contributed by atoms with Gasteiger partial charge in [-0.1, -0.05) is 12.1 Å². The Labute approximate surface area is 192 Å². The van der Waals surface area contributed by atoms with Crippen LogP contribution in [0.25, 0.3) is 0 Å². The quantitative estimate of drug-likeness (QED) is 0.604. The maximum Gasteiger partial charge on any atom is 0.242 e. The lowest BCUT2D eigenvalue weighted by atomic mass is 10.1. The fourth-order valence-corrected chi connectivity index (χ4v) is 5.27. The Balaban J connectivity index is 1.54.